The number of thiophene rings is 1. The van der Waals surface area contributed by atoms with Crippen LogP contribution >= 0.6 is 11.3 Å². The van der Waals surface area contributed by atoms with Gasteiger partial charge in [-0.05, 0) is 54.4 Å². The van der Waals surface area contributed by atoms with Crippen LogP contribution < -0.4 is 10.6 Å². The SMILES string of the molecule is Cc1cc(F)ccc1CN(CO)C[C@]1(c2ccc(-c3ccccn3)s2)NC(=O)NC1=O. The third-order valence-electron chi connectivity index (χ3n) is 5.24. The minimum Gasteiger partial charge on any atom is -0.381 e. The van der Waals surface area contributed by atoms with E-state index in [0.717, 1.165) is 21.7 Å². The van der Waals surface area contributed by atoms with Crippen LogP contribution in [-0.4, -0.2) is 40.2 Å². The van der Waals surface area contributed by atoms with E-state index in [0.29, 0.717) is 4.88 Å². The molecule has 4 rings (SSSR count). The Balaban J connectivity index is 1.66. The third-order valence-corrected chi connectivity index (χ3v) is 6.51. The summed E-state index contributed by atoms with van der Waals surface area (Å²) in [5.41, 5.74) is 0.960. The second-order valence-electron chi connectivity index (χ2n) is 7.39. The predicted octanol–water partition coefficient (Wildman–Crippen LogP) is 2.74. The number of aliphatic hydroxyl groups is 1. The molecule has 160 valence electrons. The van der Waals surface area contributed by atoms with E-state index < -0.39 is 17.5 Å². The monoisotopic (exact) mass is 440 g/mol. The zero-order chi connectivity index (χ0) is 22.0. The summed E-state index contributed by atoms with van der Waals surface area (Å²) in [6, 6.07) is 13.0. The molecular weight excluding hydrogens is 419 g/mol. The molecule has 2 aromatic heterocycles. The van der Waals surface area contributed by atoms with Gasteiger partial charge in [0, 0.05) is 24.2 Å². The van der Waals surface area contributed by atoms with E-state index >= 15 is 0 Å². The maximum absolute atomic E-state index is 13.4. The molecule has 0 saturated carbocycles. The minimum absolute atomic E-state index is 0.0417. The highest BCUT2D eigenvalue weighted by Crippen LogP contribution is 2.36. The molecular formula is C22H21FN4O3S. The Morgan fingerprint density at radius 3 is 2.68 bits per heavy atom. The molecule has 3 heterocycles. The molecule has 31 heavy (non-hydrogen) atoms. The van der Waals surface area contributed by atoms with E-state index in [-0.39, 0.29) is 25.6 Å². The number of aryl methyl sites for hydroxylation is 1. The smallest absolute Gasteiger partial charge is 0.322 e. The fourth-order valence-corrected chi connectivity index (χ4v) is 4.75. The first-order valence-electron chi connectivity index (χ1n) is 9.65. The van der Waals surface area contributed by atoms with Crippen LogP contribution in [0.2, 0.25) is 0 Å². The van der Waals surface area contributed by atoms with E-state index in [1.54, 1.807) is 30.2 Å². The number of carbonyl (C=O) groups excluding carboxylic acids is 2. The molecule has 1 saturated heterocycles. The first-order chi connectivity index (χ1) is 14.9. The van der Waals surface area contributed by atoms with Gasteiger partial charge in [0.1, 0.15) is 5.82 Å². The van der Waals surface area contributed by atoms with Crippen molar-refractivity contribution in [1.29, 1.82) is 0 Å². The summed E-state index contributed by atoms with van der Waals surface area (Å²) in [6.07, 6.45) is 1.69. The van der Waals surface area contributed by atoms with Crippen LogP contribution in [0.15, 0.2) is 54.7 Å². The lowest BCUT2D eigenvalue weighted by Crippen LogP contribution is -2.52. The van der Waals surface area contributed by atoms with Crippen LogP contribution in [-0.2, 0) is 16.9 Å². The van der Waals surface area contributed by atoms with Crippen molar-refractivity contribution in [1.82, 2.24) is 20.5 Å². The first kappa shape index (κ1) is 21.1. The Labute approximate surface area is 182 Å². The Hall–Kier alpha value is -3.14. The van der Waals surface area contributed by atoms with Crippen LogP contribution in [0.4, 0.5) is 9.18 Å². The number of hydrogen-bond donors (Lipinski definition) is 3. The average molecular weight is 441 g/mol. The van der Waals surface area contributed by atoms with Gasteiger partial charge in [-0.3, -0.25) is 20.0 Å². The summed E-state index contributed by atoms with van der Waals surface area (Å²) in [5.74, 6) is -0.822. The number of aromatic nitrogens is 1. The summed E-state index contributed by atoms with van der Waals surface area (Å²) >= 11 is 1.36. The number of amides is 3. The molecule has 3 N–H and O–H groups in total. The number of urea groups is 1. The molecule has 3 amide bonds. The number of halogens is 1. The number of nitrogens with zero attached hydrogens (tertiary/aromatic N) is 2. The highest BCUT2D eigenvalue weighted by Gasteiger charge is 2.49. The lowest BCUT2D eigenvalue weighted by atomic mass is 9.96. The molecule has 1 aliphatic heterocycles. The number of pyridine rings is 1. The summed E-state index contributed by atoms with van der Waals surface area (Å²) in [7, 11) is 0. The molecule has 1 aliphatic rings. The molecule has 7 nitrogen and oxygen atoms in total. The van der Waals surface area contributed by atoms with Gasteiger partial charge in [0.2, 0.25) is 0 Å². The minimum atomic E-state index is -1.36. The second kappa shape index (κ2) is 8.54. The van der Waals surface area contributed by atoms with Crippen molar-refractivity contribution in [2.75, 3.05) is 13.3 Å². The maximum atomic E-state index is 13.4. The number of aliphatic hydroxyl groups excluding tert-OH is 1. The van der Waals surface area contributed by atoms with Crippen molar-refractivity contribution in [3.05, 3.63) is 76.5 Å². The van der Waals surface area contributed by atoms with Gasteiger partial charge in [-0.2, -0.15) is 0 Å². The maximum Gasteiger partial charge on any atom is 0.322 e. The Morgan fingerprint density at radius 2 is 2.03 bits per heavy atom. The topological polar surface area (TPSA) is 94.6 Å². The number of benzene rings is 1. The fraction of sp³-hybridized carbons (Fsp3) is 0.227. The second-order valence-corrected chi connectivity index (χ2v) is 8.48. The lowest BCUT2D eigenvalue weighted by Gasteiger charge is -2.31. The molecule has 0 radical (unpaired) electrons. The zero-order valence-electron chi connectivity index (χ0n) is 16.8. The Bertz CT molecular complexity index is 1120. The highest BCUT2D eigenvalue weighted by atomic mass is 32.1. The van der Waals surface area contributed by atoms with Gasteiger partial charge in [-0.1, -0.05) is 12.1 Å². The van der Waals surface area contributed by atoms with Gasteiger partial charge in [0.15, 0.2) is 5.54 Å². The molecule has 9 heteroatoms. The number of carbonyl (C=O) groups is 2. The van der Waals surface area contributed by atoms with Crippen molar-refractivity contribution in [2.45, 2.75) is 19.0 Å². The molecule has 0 bridgehead atoms. The third kappa shape index (κ3) is 4.20. The molecule has 3 aromatic rings. The van der Waals surface area contributed by atoms with E-state index in [9.17, 15) is 19.1 Å². The molecule has 0 unspecified atom stereocenters. The van der Waals surface area contributed by atoms with Crippen molar-refractivity contribution in [2.24, 2.45) is 0 Å². The molecule has 1 fully saturated rings. The predicted molar refractivity (Wildman–Crippen MR) is 115 cm³/mol. The number of rotatable bonds is 7. The molecule has 0 aliphatic carbocycles. The van der Waals surface area contributed by atoms with Gasteiger partial charge in [-0.25, -0.2) is 9.18 Å². The number of nitrogens with one attached hydrogen (secondary N) is 2. The number of imide groups is 1. The van der Waals surface area contributed by atoms with E-state index in [1.165, 1.54) is 23.5 Å². The van der Waals surface area contributed by atoms with Crippen LogP contribution in [0.1, 0.15) is 16.0 Å². The Morgan fingerprint density at radius 1 is 1.19 bits per heavy atom. The van der Waals surface area contributed by atoms with Crippen molar-refractivity contribution in [3.63, 3.8) is 0 Å². The van der Waals surface area contributed by atoms with Crippen LogP contribution in [0.3, 0.4) is 0 Å². The van der Waals surface area contributed by atoms with Gasteiger partial charge in [0.25, 0.3) is 5.91 Å². The van der Waals surface area contributed by atoms with Gasteiger partial charge >= 0.3 is 6.03 Å². The molecule has 1 aromatic carbocycles. The largest absolute Gasteiger partial charge is 0.381 e. The molecule has 0 spiro atoms. The first-order valence-corrected chi connectivity index (χ1v) is 10.5. The average Bonchev–Trinajstić information content (AvgIpc) is 3.35. The van der Waals surface area contributed by atoms with Crippen molar-refractivity contribution >= 4 is 23.3 Å². The van der Waals surface area contributed by atoms with Gasteiger partial charge in [0.05, 0.1) is 17.3 Å². The van der Waals surface area contributed by atoms with Crippen molar-refractivity contribution < 1.29 is 19.1 Å². The lowest BCUT2D eigenvalue weighted by molar-refractivity contribution is -0.125. The van der Waals surface area contributed by atoms with Crippen LogP contribution in [0.25, 0.3) is 10.6 Å². The van der Waals surface area contributed by atoms with E-state index in [4.69, 9.17) is 0 Å². The summed E-state index contributed by atoms with van der Waals surface area (Å²) < 4.78 is 13.4. The summed E-state index contributed by atoms with van der Waals surface area (Å²) in [4.78, 5) is 32.4. The van der Waals surface area contributed by atoms with E-state index in [1.807, 2.05) is 24.3 Å². The fourth-order valence-electron chi connectivity index (χ4n) is 3.64. The highest BCUT2D eigenvalue weighted by molar-refractivity contribution is 7.15. The van der Waals surface area contributed by atoms with Gasteiger partial charge in [-0.15, -0.1) is 11.3 Å². The van der Waals surface area contributed by atoms with E-state index in [2.05, 4.69) is 15.6 Å². The number of hydrogen-bond acceptors (Lipinski definition) is 6. The van der Waals surface area contributed by atoms with Gasteiger partial charge < -0.3 is 10.4 Å². The quantitative estimate of drug-likeness (QED) is 0.388. The zero-order valence-corrected chi connectivity index (χ0v) is 17.6. The Kier molecular flexibility index (Phi) is 5.81. The van der Waals surface area contributed by atoms with Crippen LogP contribution in [0.5, 0.6) is 0 Å². The normalized spacial score (nSPS) is 18.3. The standard InChI is InChI=1S/C22H21FN4O3S/c1-14-10-16(23)6-5-15(14)11-27(13-28)12-22(20(29)25-21(30)26-22)19-8-7-18(31-19)17-4-2-3-9-24-17/h2-10,28H,11-13H2,1H3,(H2,25,26,29,30)/t22-/m1/s1. The van der Waals surface area contributed by atoms with Crippen molar-refractivity contribution in [3.8, 4) is 10.6 Å². The molecule has 1 atom stereocenters. The summed E-state index contributed by atoms with van der Waals surface area (Å²) in [5, 5.41) is 15.1. The summed E-state index contributed by atoms with van der Waals surface area (Å²) in [6.45, 7) is 1.76. The van der Waals surface area contributed by atoms with Crippen LogP contribution in [0, 0.1) is 12.7 Å².